The minimum Gasteiger partial charge on any atom is -0.306 e. The molecule has 0 atom stereocenters. The van der Waals surface area contributed by atoms with Gasteiger partial charge < -0.3 is 4.57 Å². The second-order valence-electron chi connectivity index (χ2n) is 5.41. The summed E-state index contributed by atoms with van der Waals surface area (Å²) in [6, 6.07) is 5.03. The van der Waals surface area contributed by atoms with E-state index in [0.29, 0.717) is 27.1 Å². The first kappa shape index (κ1) is 17.2. The number of anilines is 1. The van der Waals surface area contributed by atoms with E-state index in [-0.39, 0.29) is 5.65 Å². The molecule has 1 aromatic carbocycles. The van der Waals surface area contributed by atoms with Gasteiger partial charge in [-0.1, -0.05) is 29.3 Å². The number of benzene rings is 1. The molecular weight excluding hydrogens is 367 g/mol. The Hall–Kier alpha value is -2.58. The molecule has 1 N–H and O–H groups in total. The minimum atomic E-state index is -0.446. The first-order valence-electron chi connectivity index (χ1n) is 7.18. The van der Waals surface area contributed by atoms with E-state index in [0.717, 1.165) is 4.57 Å². The summed E-state index contributed by atoms with van der Waals surface area (Å²) in [6.45, 7) is 0. The number of hydrogen-bond donors (Lipinski definition) is 1. The van der Waals surface area contributed by atoms with Crippen LogP contribution in [0.3, 0.4) is 0 Å². The molecule has 0 aliphatic carbocycles. The zero-order chi connectivity index (χ0) is 18.3. The van der Waals surface area contributed by atoms with Crippen molar-refractivity contribution in [2.45, 2.75) is 0 Å². The summed E-state index contributed by atoms with van der Waals surface area (Å²) in [5.41, 5.74) is 3.12. The van der Waals surface area contributed by atoms with Crippen LogP contribution in [0.2, 0.25) is 10.0 Å². The molecule has 0 amide bonds. The van der Waals surface area contributed by atoms with Gasteiger partial charge in [0.05, 0.1) is 11.2 Å². The largest absolute Gasteiger partial charge is 0.332 e. The number of aryl methyl sites for hydroxylation is 2. The van der Waals surface area contributed by atoms with Crippen molar-refractivity contribution in [1.82, 2.24) is 18.7 Å². The van der Waals surface area contributed by atoms with E-state index in [9.17, 15) is 9.59 Å². The van der Waals surface area contributed by atoms with Crippen LogP contribution >= 0.6 is 23.2 Å². The van der Waals surface area contributed by atoms with Crippen LogP contribution in [0.25, 0.3) is 11.2 Å². The Morgan fingerprint density at radius 2 is 1.84 bits per heavy atom. The standard InChI is InChI=1S/C15H14Cl2N6O2/c1-21-11-12(22(2)15(25)23(3)13(11)24)19-14(21)20-18-7-8-4-5-9(16)6-10(8)17/h4-7H,1-3H3,(H,19,20)/b18-7-. The molecule has 0 fully saturated rings. The molecule has 3 aromatic rings. The average molecular weight is 381 g/mol. The Bertz CT molecular complexity index is 1130. The third-order valence-corrected chi connectivity index (χ3v) is 4.37. The lowest BCUT2D eigenvalue weighted by Gasteiger charge is -2.03. The molecule has 0 saturated carbocycles. The highest BCUT2D eigenvalue weighted by atomic mass is 35.5. The van der Waals surface area contributed by atoms with E-state index >= 15 is 0 Å². The third-order valence-electron chi connectivity index (χ3n) is 3.81. The quantitative estimate of drug-likeness (QED) is 0.553. The van der Waals surface area contributed by atoms with Gasteiger partial charge in [0.15, 0.2) is 11.2 Å². The van der Waals surface area contributed by atoms with Crippen molar-refractivity contribution in [2.24, 2.45) is 26.2 Å². The fourth-order valence-electron chi connectivity index (χ4n) is 2.38. The molecule has 0 unspecified atom stereocenters. The molecule has 0 saturated heterocycles. The third kappa shape index (κ3) is 2.94. The van der Waals surface area contributed by atoms with Crippen LogP contribution < -0.4 is 16.7 Å². The highest BCUT2D eigenvalue weighted by molar-refractivity contribution is 6.36. The first-order valence-corrected chi connectivity index (χ1v) is 7.93. The number of rotatable bonds is 3. The van der Waals surface area contributed by atoms with E-state index < -0.39 is 11.2 Å². The predicted octanol–water partition coefficient (Wildman–Crippen LogP) is 1.72. The number of nitrogens with zero attached hydrogens (tertiary/aromatic N) is 5. The van der Waals surface area contributed by atoms with Crippen LogP contribution in [0.4, 0.5) is 5.95 Å². The van der Waals surface area contributed by atoms with E-state index in [1.54, 1.807) is 32.3 Å². The lowest BCUT2D eigenvalue weighted by molar-refractivity contribution is 0.705. The molecule has 0 radical (unpaired) electrons. The summed E-state index contributed by atoms with van der Waals surface area (Å²) >= 11 is 11.9. The Balaban J connectivity index is 2.00. The second kappa shape index (κ2) is 6.38. The van der Waals surface area contributed by atoms with Gasteiger partial charge in [0, 0.05) is 31.7 Å². The van der Waals surface area contributed by atoms with Gasteiger partial charge in [-0.25, -0.2) is 10.2 Å². The van der Waals surface area contributed by atoms with Gasteiger partial charge >= 0.3 is 5.69 Å². The second-order valence-corrected chi connectivity index (χ2v) is 6.25. The van der Waals surface area contributed by atoms with Gasteiger partial charge in [-0.15, -0.1) is 0 Å². The number of halogens is 2. The van der Waals surface area contributed by atoms with Crippen LogP contribution in [-0.4, -0.2) is 24.9 Å². The molecule has 3 rings (SSSR count). The fraction of sp³-hybridized carbons (Fsp3) is 0.200. The van der Waals surface area contributed by atoms with E-state index in [1.165, 1.54) is 22.4 Å². The van der Waals surface area contributed by atoms with E-state index in [2.05, 4.69) is 15.5 Å². The summed E-state index contributed by atoms with van der Waals surface area (Å²) < 4.78 is 3.88. The van der Waals surface area contributed by atoms with Crippen molar-refractivity contribution in [1.29, 1.82) is 0 Å². The molecule has 2 heterocycles. The average Bonchev–Trinajstić information content (AvgIpc) is 2.90. The lowest BCUT2D eigenvalue weighted by Crippen LogP contribution is -2.37. The number of aromatic nitrogens is 4. The molecule has 25 heavy (non-hydrogen) atoms. The van der Waals surface area contributed by atoms with Gasteiger partial charge in [0.1, 0.15) is 0 Å². The number of nitrogens with one attached hydrogen (secondary N) is 1. The Morgan fingerprint density at radius 3 is 2.52 bits per heavy atom. The van der Waals surface area contributed by atoms with Crippen molar-refractivity contribution >= 4 is 46.5 Å². The molecule has 0 aliphatic heterocycles. The van der Waals surface area contributed by atoms with Gasteiger partial charge in [0.25, 0.3) is 5.56 Å². The molecule has 0 aliphatic rings. The maximum Gasteiger partial charge on any atom is 0.332 e. The van der Waals surface area contributed by atoms with E-state index in [1.807, 2.05) is 0 Å². The minimum absolute atomic E-state index is 0.276. The maximum atomic E-state index is 12.3. The van der Waals surface area contributed by atoms with Crippen molar-refractivity contribution in [3.8, 4) is 0 Å². The van der Waals surface area contributed by atoms with Gasteiger partial charge in [-0.05, 0) is 12.1 Å². The van der Waals surface area contributed by atoms with Crippen LogP contribution in [0.5, 0.6) is 0 Å². The molecule has 8 nitrogen and oxygen atoms in total. The smallest absolute Gasteiger partial charge is 0.306 e. The van der Waals surface area contributed by atoms with Crippen molar-refractivity contribution in [3.63, 3.8) is 0 Å². The lowest BCUT2D eigenvalue weighted by atomic mass is 10.2. The molecule has 0 bridgehead atoms. The predicted molar refractivity (Wildman–Crippen MR) is 98.9 cm³/mol. The zero-order valence-electron chi connectivity index (χ0n) is 13.6. The van der Waals surface area contributed by atoms with Gasteiger partial charge in [-0.3, -0.25) is 13.9 Å². The summed E-state index contributed by atoms with van der Waals surface area (Å²) in [7, 11) is 4.64. The maximum absolute atomic E-state index is 12.3. The highest BCUT2D eigenvalue weighted by Crippen LogP contribution is 2.19. The SMILES string of the molecule is Cn1c(=O)c2c(nc(N/N=C\c3ccc(Cl)cc3Cl)n2C)n(C)c1=O. The zero-order valence-corrected chi connectivity index (χ0v) is 15.1. The topological polar surface area (TPSA) is 86.2 Å². The molecular formula is C15H14Cl2N6O2. The first-order chi connectivity index (χ1) is 11.8. The number of imidazole rings is 1. The van der Waals surface area contributed by atoms with Crippen LogP contribution in [0, 0.1) is 0 Å². The van der Waals surface area contributed by atoms with Crippen molar-refractivity contribution < 1.29 is 0 Å². The molecule has 130 valence electrons. The Morgan fingerprint density at radius 1 is 1.12 bits per heavy atom. The normalized spacial score (nSPS) is 11.6. The monoisotopic (exact) mass is 380 g/mol. The number of hydrazone groups is 1. The van der Waals surface area contributed by atoms with Gasteiger partial charge in [-0.2, -0.15) is 10.1 Å². The summed E-state index contributed by atoms with van der Waals surface area (Å²) in [5.74, 6) is 0.314. The fourth-order valence-corrected chi connectivity index (χ4v) is 2.84. The number of fused-ring (bicyclic) bond motifs is 1. The molecule has 0 spiro atoms. The Labute approximate surface area is 151 Å². The molecule has 10 heteroatoms. The Kier molecular flexibility index (Phi) is 4.40. The van der Waals surface area contributed by atoms with Crippen LogP contribution in [0.15, 0.2) is 32.9 Å². The van der Waals surface area contributed by atoms with Crippen LogP contribution in [-0.2, 0) is 21.1 Å². The molecule has 2 aromatic heterocycles. The van der Waals surface area contributed by atoms with Crippen LogP contribution in [0.1, 0.15) is 5.56 Å². The summed E-state index contributed by atoms with van der Waals surface area (Å²) in [6.07, 6.45) is 1.51. The highest BCUT2D eigenvalue weighted by Gasteiger charge is 2.16. The summed E-state index contributed by atoms with van der Waals surface area (Å²) in [4.78, 5) is 28.6. The number of hydrogen-bond acceptors (Lipinski definition) is 5. The summed E-state index contributed by atoms with van der Waals surface area (Å²) in [5, 5.41) is 5.07. The van der Waals surface area contributed by atoms with E-state index in [4.69, 9.17) is 23.2 Å². The van der Waals surface area contributed by atoms with Crippen molar-refractivity contribution in [2.75, 3.05) is 5.43 Å². The van der Waals surface area contributed by atoms with Crippen molar-refractivity contribution in [3.05, 3.63) is 54.6 Å². The van der Waals surface area contributed by atoms with Gasteiger partial charge in [0.2, 0.25) is 5.95 Å².